The number of carbonyl (C=O) groups is 1. The molecular weight excluding hydrogens is 198 g/mol. The molecule has 4 atom stereocenters. The first-order chi connectivity index (χ1) is 7.70. The number of carbonyl (C=O) groups excluding carboxylic acids is 1. The fourth-order valence-electron chi connectivity index (χ4n) is 4.03. The van der Waals surface area contributed by atoms with Crippen molar-refractivity contribution in [3.05, 3.63) is 0 Å². The zero-order valence-corrected chi connectivity index (χ0v) is 10.5. The minimum absolute atomic E-state index is 0.0933. The average molecular weight is 223 g/mol. The van der Waals surface area contributed by atoms with Crippen molar-refractivity contribution in [1.29, 1.82) is 0 Å². The van der Waals surface area contributed by atoms with Gasteiger partial charge in [0, 0.05) is 6.42 Å². The highest BCUT2D eigenvalue weighted by Crippen LogP contribution is 2.47. The van der Waals surface area contributed by atoms with Gasteiger partial charge in [-0.25, -0.2) is 0 Å². The van der Waals surface area contributed by atoms with Crippen LogP contribution < -0.4 is 5.73 Å². The Morgan fingerprint density at radius 1 is 1.25 bits per heavy atom. The highest BCUT2D eigenvalue weighted by atomic mass is 16.1. The lowest BCUT2D eigenvalue weighted by Crippen LogP contribution is -2.36. The Balaban J connectivity index is 1.99. The van der Waals surface area contributed by atoms with Gasteiger partial charge in [-0.3, -0.25) is 4.79 Å². The third-order valence-corrected chi connectivity index (χ3v) is 4.95. The summed E-state index contributed by atoms with van der Waals surface area (Å²) in [7, 11) is 0. The Hall–Kier alpha value is -0.530. The van der Waals surface area contributed by atoms with E-state index in [4.69, 9.17) is 5.73 Å². The number of nitrogens with two attached hydrogens (primary N) is 1. The summed E-state index contributed by atoms with van der Waals surface area (Å²) in [5, 5.41) is 0. The van der Waals surface area contributed by atoms with Crippen molar-refractivity contribution < 1.29 is 4.79 Å². The molecule has 0 aromatic carbocycles. The standard InChI is InChI=1S/C14H25NO/c1-2-10-6-7-11-4-3-5-12(9-14(15)16)13(11)8-10/h10-13H,2-9H2,1H3,(H2,15,16). The second kappa shape index (κ2) is 5.20. The maximum Gasteiger partial charge on any atom is 0.217 e. The van der Waals surface area contributed by atoms with Crippen LogP contribution in [0.4, 0.5) is 0 Å². The summed E-state index contributed by atoms with van der Waals surface area (Å²) in [6, 6.07) is 0. The molecule has 2 fully saturated rings. The van der Waals surface area contributed by atoms with E-state index in [0.717, 1.165) is 17.8 Å². The zero-order valence-electron chi connectivity index (χ0n) is 10.5. The first kappa shape index (κ1) is 11.9. The van der Waals surface area contributed by atoms with Gasteiger partial charge in [0.25, 0.3) is 0 Å². The normalized spacial score (nSPS) is 39.1. The van der Waals surface area contributed by atoms with Gasteiger partial charge < -0.3 is 5.73 Å². The maximum absolute atomic E-state index is 11.1. The van der Waals surface area contributed by atoms with Crippen LogP contribution in [-0.2, 0) is 4.79 Å². The Labute approximate surface area is 99.0 Å². The molecule has 2 aliphatic rings. The Morgan fingerprint density at radius 3 is 2.75 bits per heavy atom. The lowest BCUT2D eigenvalue weighted by molar-refractivity contribution is -0.120. The van der Waals surface area contributed by atoms with E-state index >= 15 is 0 Å². The van der Waals surface area contributed by atoms with Gasteiger partial charge in [-0.15, -0.1) is 0 Å². The number of fused-ring (bicyclic) bond motifs is 1. The number of rotatable bonds is 3. The molecule has 2 rings (SSSR count). The molecule has 0 aliphatic heterocycles. The van der Waals surface area contributed by atoms with Crippen molar-refractivity contribution in [2.75, 3.05) is 0 Å². The van der Waals surface area contributed by atoms with E-state index in [1.165, 1.54) is 44.9 Å². The molecule has 2 N–H and O–H groups in total. The Morgan fingerprint density at radius 2 is 2.06 bits per heavy atom. The van der Waals surface area contributed by atoms with Crippen molar-refractivity contribution in [2.24, 2.45) is 29.4 Å². The molecule has 92 valence electrons. The molecule has 0 bridgehead atoms. The van der Waals surface area contributed by atoms with Crippen LogP contribution >= 0.6 is 0 Å². The average Bonchev–Trinajstić information content (AvgIpc) is 2.28. The van der Waals surface area contributed by atoms with E-state index in [0.29, 0.717) is 12.3 Å². The Bertz CT molecular complexity index is 251. The van der Waals surface area contributed by atoms with Crippen molar-refractivity contribution in [3.8, 4) is 0 Å². The topological polar surface area (TPSA) is 43.1 Å². The number of amides is 1. The van der Waals surface area contributed by atoms with Crippen LogP contribution in [0.2, 0.25) is 0 Å². The van der Waals surface area contributed by atoms with Gasteiger partial charge in [-0.2, -0.15) is 0 Å². The number of primary amides is 1. The summed E-state index contributed by atoms with van der Waals surface area (Å²) in [6.45, 7) is 2.30. The van der Waals surface area contributed by atoms with Gasteiger partial charge in [0.1, 0.15) is 0 Å². The molecule has 0 aromatic rings. The molecule has 4 unspecified atom stereocenters. The lowest BCUT2D eigenvalue weighted by atomic mass is 9.62. The summed E-state index contributed by atoms with van der Waals surface area (Å²) in [5.41, 5.74) is 5.37. The molecule has 0 spiro atoms. The van der Waals surface area contributed by atoms with Crippen molar-refractivity contribution in [1.82, 2.24) is 0 Å². The van der Waals surface area contributed by atoms with E-state index in [2.05, 4.69) is 6.92 Å². The summed E-state index contributed by atoms with van der Waals surface area (Å²) in [6.07, 6.45) is 10.1. The largest absolute Gasteiger partial charge is 0.370 e. The first-order valence-electron chi connectivity index (χ1n) is 6.99. The molecule has 0 aromatic heterocycles. The summed E-state index contributed by atoms with van der Waals surface area (Å²) in [5.74, 6) is 3.13. The van der Waals surface area contributed by atoms with Gasteiger partial charge in [-0.1, -0.05) is 32.6 Å². The third-order valence-electron chi connectivity index (χ3n) is 4.95. The van der Waals surface area contributed by atoms with E-state index in [9.17, 15) is 4.79 Å². The quantitative estimate of drug-likeness (QED) is 0.785. The van der Waals surface area contributed by atoms with Crippen molar-refractivity contribution in [2.45, 2.75) is 58.3 Å². The second-order valence-electron chi connectivity index (χ2n) is 5.87. The lowest BCUT2D eigenvalue weighted by Gasteiger charge is -2.43. The summed E-state index contributed by atoms with van der Waals surface area (Å²) >= 11 is 0. The fourth-order valence-corrected chi connectivity index (χ4v) is 4.03. The molecule has 2 nitrogen and oxygen atoms in total. The second-order valence-corrected chi connectivity index (χ2v) is 5.87. The van der Waals surface area contributed by atoms with Crippen LogP contribution in [0.5, 0.6) is 0 Å². The highest BCUT2D eigenvalue weighted by Gasteiger charge is 2.37. The van der Waals surface area contributed by atoms with E-state index in [1.807, 2.05) is 0 Å². The van der Waals surface area contributed by atoms with Crippen LogP contribution in [0.15, 0.2) is 0 Å². The van der Waals surface area contributed by atoms with E-state index in [-0.39, 0.29) is 5.91 Å². The molecule has 0 heterocycles. The van der Waals surface area contributed by atoms with Crippen LogP contribution in [0.1, 0.15) is 58.3 Å². The van der Waals surface area contributed by atoms with Crippen LogP contribution in [0, 0.1) is 23.7 Å². The summed E-state index contributed by atoms with van der Waals surface area (Å²) < 4.78 is 0. The van der Waals surface area contributed by atoms with Gasteiger partial charge in [0.15, 0.2) is 0 Å². The SMILES string of the molecule is CCC1CCC2CCCC(CC(N)=O)C2C1. The monoisotopic (exact) mass is 223 g/mol. The molecule has 16 heavy (non-hydrogen) atoms. The molecule has 0 radical (unpaired) electrons. The maximum atomic E-state index is 11.1. The predicted octanol–water partition coefficient (Wildman–Crippen LogP) is 3.10. The zero-order chi connectivity index (χ0) is 11.5. The molecule has 0 saturated heterocycles. The van der Waals surface area contributed by atoms with E-state index < -0.39 is 0 Å². The van der Waals surface area contributed by atoms with Crippen LogP contribution in [-0.4, -0.2) is 5.91 Å². The van der Waals surface area contributed by atoms with Gasteiger partial charge >= 0.3 is 0 Å². The minimum atomic E-state index is -0.0933. The van der Waals surface area contributed by atoms with E-state index in [1.54, 1.807) is 0 Å². The van der Waals surface area contributed by atoms with Gasteiger partial charge in [0.05, 0.1) is 0 Å². The van der Waals surface area contributed by atoms with Crippen molar-refractivity contribution >= 4 is 5.91 Å². The van der Waals surface area contributed by atoms with Crippen LogP contribution in [0.3, 0.4) is 0 Å². The van der Waals surface area contributed by atoms with Gasteiger partial charge in [-0.05, 0) is 42.9 Å². The molecule has 2 saturated carbocycles. The molecule has 2 aliphatic carbocycles. The summed E-state index contributed by atoms with van der Waals surface area (Å²) in [4.78, 5) is 11.1. The highest BCUT2D eigenvalue weighted by molar-refractivity contribution is 5.74. The number of hydrogen-bond acceptors (Lipinski definition) is 1. The number of hydrogen-bond donors (Lipinski definition) is 1. The van der Waals surface area contributed by atoms with Crippen LogP contribution in [0.25, 0.3) is 0 Å². The fraction of sp³-hybridized carbons (Fsp3) is 0.929. The molecular formula is C14H25NO. The van der Waals surface area contributed by atoms with Gasteiger partial charge in [0.2, 0.25) is 5.91 Å². The smallest absolute Gasteiger partial charge is 0.217 e. The predicted molar refractivity (Wildman–Crippen MR) is 65.8 cm³/mol. The molecule has 1 amide bonds. The third kappa shape index (κ3) is 2.58. The van der Waals surface area contributed by atoms with Crippen molar-refractivity contribution in [3.63, 3.8) is 0 Å². The minimum Gasteiger partial charge on any atom is -0.370 e. The first-order valence-corrected chi connectivity index (χ1v) is 6.99. The Kier molecular flexibility index (Phi) is 3.88. The molecule has 2 heteroatoms.